The second-order valence-electron chi connectivity index (χ2n) is 18.6. The quantitative estimate of drug-likeness (QED) is 0.221. The molecule has 272 valence electrons. The molecule has 1 unspecified atom stereocenters. The predicted octanol–water partition coefficient (Wildman–Crippen LogP) is 5.64. The Morgan fingerprint density at radius 1 is 0.837 bits per heavy atom. The predicted molar refractivity (Wildman–Crippen MR) is 184 cm³/mol. The topological polar surface area (TPSA) is 141 Å². The van der Waals surface area contributed by atoms with Gasteiger partial charge in [0.1, 0.15) is 11.6 Å². The normalized spacial score (nSPS) is 29.5. The maximum atomic E-state index is 14.9. The molecule has 5 atom stereocenters. The summed E-state index contributed by atoms with van der Waals surface area (Å²) in [5.74, 6) is -2.99. The van der Waals surface area contributed by atoms with Crippen LogP contribution >= 0.6 is 0 Å². The molecule has 0 bridgehead atoms. The highest BCUT2D eigenvalue weighted by molar-refractivity contribution is 6.36. The SMILES string of the molecule is CC(C)(C)[C@H](CC(=O)C[C@H](C(=O)C1CC1)C1CCCCC1)C(=O)N1C[C@]2(C[C@H]1C(=O)CC(CC1CCC1)C(=O)C(N)=O)C(C)(C)C21COC1. The van der Waals surface area contributed by atoms with E-state index in [0.717, 1.165) is 57.8 Å². The van der Waals surface area contributed by atoms with E-state index in [-0.39, 0.29) is 76.5 Å². The number of carbonyl (C=O) groups is 6. The van der Waals surface area contributed by atoms with Crippen LogP contribution in [0.4, 0.5) is 0 Å². The van der Waals surface area contributed by atoms with E-state index < -0.39 is 35.0 Å². The summed E-state index contributed by atoms with van der Waals surface area (Å²) in [5, 5.41) is 0. The van der Waals surface area contributed by atoms with Crippen molar-refractivity contribution in [3.63, 3.8) is 0 Å². The highest BCUT2D eigenvalue weighted by Gasteiger charge is 2.86. The zero-order chi connectivity index (χ0) is 35.5. The highest BCUT2D eigenvalue weighted by Crippen LogP contribution is 2.84. The van der Waals surface area contributed by atoms with Crippen molar-refractivity contribution in [1.29, 1.82) is 0 Å². The second kappa shape index (κ2) is 13.3. The molecular weight excluding hydrogens is 620 g/mol. The highest BCUT2D eigenvalue weighted by atomic mass is 16.5. The Morgan fingerprint density at radius 3 is 1.98 bits per heavy atom. The van der Waals surface area contributed by atoms with Gasteiger partial charge in [-0.3, -0.25) is 28.8 Å². The molecule has 49 heavy (non-hydrogen) atoms. The van der Waals surface area contributed by atoms with Crippen LogP contribution < -0.4 is 5.73 Å². The molecule has 0 radical (unpaired) electrons. The molecule has 0 aromatic heterocycles. The van der Waals surface area contributed by atoms with Crippen LogP contribution in [0.1, 0.15) is 131 Å². The number of hydrogen-bond donors (Lipinski definition) is 1. The largest absolute Gasteiger partial charge is 0.380 e. The van der Waals surface area contributed by atoms with E-state index in [9.17, 15) is 28.8 Å². The second-order valence-corrected chi connectivity index (χ2v) is 18.6. The number of fused-ring (bicyclic) bond motifs is 1. The van der Waals surface area contributed by atoms with Crippen LogP contribution in [0, 0.1) is 57.2 Å². The molecule has 2 saturated heterocycles. The fourth-order valence-corrected chi connectivity index (χ4v) is 10.6. The zero-order valence-corrected chi connectivity index (χ0v) is 30.7. The van der Waals surface area contributed by atoms with E-state index >= 15 is 0 Å². The van der Waals surface area contributed by atoms with Gasteiger partial charge >= 0.3 is 0 Å². The van der Waals surface area contributed by atoms with Crippen molar-refractivity contribution in [2.75, 3.05) is 19.8 Å². The Kier molecular flexibility index (Phi) is 9.86. The first-order chi connectivity index (χ1) is 23.0. The number of primary amides is 1. The van der Waals surface area contributed by atoms with Crippen molar-refractivity contribution in [3.05, 3.63) is 0 Å². The van der Waals surface area contributed by atoms with Gasteiger partial charge in [-0.15, -0.1) is 0 Å². The summed E-state index contributed by atoms with van der Waals surface area (Å²) >= 11 is 0. The average Bonchev–Trinajstić information content (AvgIpc) is 3.86. The molecule has 2 aliphatic heterocycles. The fraction of sp³-hybridized carbons (Fsp3) is 0.850. The summed E-state index contributed by atoms with van der Waals surface area (Å²) in [6.45, 7) is 11.9. The van der Waals surface area contributed by atoms with E-state index in [1.54, 1.807) is 4.90 Å². The van der Waals surface area contributed by atoms with Gasteiger partial charge in [0, 0.05) is 60.3 Å². The molecule has 4 saturated carbocycles. The van der Waals surface area contributed by atoms with Crippen LogP contribution in [-0.4, -0.2) is 65.6 Å². The van der Waals surface area contributed by atoms with Crippen LogP contribution in [0.2, 0.25) is 0 Å². The fourth-order valence-electron chi connectivity index (χ4n) is 10.6. The molecule has 9 heteroatoms. The third kappa shape index (κ3) is 6.48. The van der Waals surface area contributed by atoms with Crippen LogP contribution in [0.25, 0.3) is 0 Å². The number of ketones is 4. The number of carbonyl (C=O) groups excluding carboxylic acids is 6. The minimum absolute atomic E-state index is 0.0377. The lowest BCUT2D eigenvalue weighted by molar-refractivity contribution is -0.147. The van der Waals surface area contributed by atoms with Gasteiger partial charge in [-0.1, -0.05) is 73.1 Å². The third-order valence-corrected chi connectivity index (χ3v) is 14.6. The van der Waals surface area contributed by atoms with E-state index in [1.165, 1.54) is 6.42 Å². The van der Waals surface area contributed by atoms with E-state index in [2.05, 4.69) is 13.8 Å². The molecule has 0 aromatic carbocycles. The molecule has 0 aromatic rings. The Labute approximate surface area is 292 Å². The summed E-state index contributed by atoms with van der Waals surface area (Å²) in [7, 11) is 0. The first-order valence-corrected chi connectivity index (χ1v) is 19.3. The minimum atomic E-state index is -1.01. The lowest BCUT2D eigenvalue weighted by atomic mass is 9.72. The van der Waals surface area contributed by atoms with Gasteiger partial charge in [0.05, 0.1) is 19.3 Å². The van der Waals surface area contributed by atoms with Crippen molar-refractivity contribution >= 4 is 34.9 Å². The Hall–Kier alpha value is -2.42. The van der Waals surface area contributed by atoms with Gasteiger partial charge in [-0.05, 0) is 61.2 Å². The number of nitrogens with two attached hydrogens (primary N) is 1. The first-order valence-electron chi connectivity index (χ1n) is 19.3. The van der Waals surface area contributed by atoms with Gasteiger partial charge in [-0.2, -0.15) is 0 Å². The van der Waals surface area contributed by atoms with E-state index in [0.29, 0.717) is 38.5 Å². The minimum Gasteiger partial charge on any atom is -0.380 e. The summed E-state index contributed by atoms with van der Waals surface area (Å²) in [6.07, 6.45) is 11.3. The summed E-state index contributed by atoms with van der Waals surface area (Å²) in [6, 6.07) is -0.747. The maximum absolute atomic E-state index is 14.9. The van der Waals surface area contributed by atoms with Crippen LogP contribution in [0.5, 0.6) is 0 Å². The molecule has 2 heterocycles. The van der Waals surface area contributed by atoms with Gasteiger partial charge in [0.2, 0.25) is 11.7 Å². The monoisotopic (exact) mass is 680 g/mol. The van der Waals surface area contributed by atoms with Crippen molar-refractivity contribution in [2.45, 2.75) is 137 Å². The van der Waals surface area contributed by atoms with E-state index in [1.807, 2.05) is 20.8 Å². The van der Waals surface area contributed by atoms with Crippen molar-refractivity contribution in [3.8, 4) is 0 Å². The summed E-state index contributed by atoms with van der Waals surface area (Å²) in [4.78, 5) is 83.4. The lowest BCUT2D eigenvalue weighted by Crippen LogP contribution is -2.48. The van der Waals surface area contributed by atoms with Crippen molar-refractivity contribution < 1.29 is 33.5 Å². The smallest absolute Gasteiger partial charge is 0.285 e. The third-order valence-electron chi connectivity index (χ3n) is 14.6. The average molecular weight is 681 g/mol. The summed E-state index contributed by atoms with van der Waals surface area (Å²) < 4.78 is 5.72. The molecule has 2 N–H and O–H groups in total. The van der Waals surface area contributed by atoms with Gasteiger partial charge in [0.25, 0.3) is 5.91 Å². The number of Topliss-reactive ketones (excluding diaryl/α,β-unsaturated/α-hetero) is 4. The van der Waals surface area contributed by atoms with Crippen molar-refractivity contribution in [1.82, 2.24) is 4.90 Å². The van der Waals surface area contributed by atoms with E-state index in [4.69, 9.17) is 10.5 Å². The molecule has 6 fully saturated rings. The molecule has 9 nitrogen and oxygen atoms in total. The summed E-state index contributed by atoms with van der Waals surface area (Å²) in [5.41, 5.74) is 4.31. The Balaban J connectivity index is 1.24. The number of hydrogen-bond acceptors (Lipinski definition) is 7. The maximum Gasteiger partial charge on any atom is 0.285 e. The number of nitrogens with zero attached hydrogens (tertiary/aromatic N) is 1. The zero-order valence-electron chi connectivity index (χ0n) is 30.7. The molecule has 2 spiro atoms. The lowest BCUT2D eigenvalue weighted by Gasteiger charge is -2.36. The molecule has 6 rings (SSSR count). The standard InChI is InChI=1S/C40H60N2O7/c1-37(2,3)30(19-28(43)18-29(33(45)26-14-15-26)25-12-7-6-8-13-25)36(48)42-21-39(38(4,5)40(39)22-49-23-40)20-31(42)32(44)17-27(34(46)35(41)47)16-24-10-9-11-24/h24-27,29-31H,6-23H2,1-5H3,(H2,41,47)/t27?,29-,30+,31-,39+/m0/s1. The van der Waals surface area contributed by atoms with Crippen LogP contribution in [0.3, 0.4) is 0 Å². The Morgan fingerprint density at radius 2 is 1.49 bits per heavy atom. The van der Waals surface area contributed by atoms with Gasteiger partial charge < -0.3 is 15.4 Å². The van der Waals surface area contributed by atoms with Crippen molar-refractivity contribution in [2.24, 2.45) is 62.9 Å². The van der Waals surface area contributed by atoms with Gasteiger partial charge in [0.15, 0.2) is 5.78 Å². The number of amides is 2. The molecule has 2 amide bonds. The van der Waals surface area contributed by atoms with Crippen LogP contribution in [-0.2, 0) is 33.5 Å². The molecular formula is C40H60N2O7. The molecule has 6 aliphatic rings. The number of rotatable bonds is 15. The number of ether oxygens (including phenoxy) is 1. The molecule has 4 aliphatic carbocycles. The van der Waals surface area contributed by atoms with Crippen LogP contribution in [0.15, 0.2) is 0 Å². The van der Waals surface area contributed by atoms with Gasteiger partial charge in [-0.25, -0.2) is 0 Å². The Bertz CT molecular complexity index is 1360. The number of likely N-dealkylation sites (tertiary alicyclic amines) is 1. The first kappa shape index (κ1) is 36.4.